The molecule has 2 aromatic rings. The van der Waals surface area contributed by atoms with Gasteiger partial charge in [-0.15, -0.1) is 0 Å². The van der Waals surface area contributed by atoms with Crippen LogP contribution in [-0.4, -0.2) is 4.92 Å². The molecular formula is C13H12ClN3O2. The summed E-state index contributed by atoms with van der Waals surface area (Å²) in [4.78, 5) is 10.1. The molecule has 0 saturated heterocycles. The number of hydrogen-bond donors (Lipinski definition) is 2. The fraction of sp³-hybridized carbons (Fsp3) is 0.0769. The van der Waals surface area contributed by atoms with Crippen molar-refractivity contribution in [1.29, 1.82) is 0 Å². The minimum absolute atomic E-state index is 0.0942. The van der Waals surface area contributed by atoms with Crippen molar-refractivity contribution in [3.05, 3.63) is 63.2 Å². The van der Waals surface area contributed by atoms with Crippen LogP contribution in [-0.2, 0) is 6.54 Å². The molecule has 2 rings (SSSR count). The van der Waals surface area contributed by atoms with E-state index in [9.17, 15) is 10.1 Å². The minimum Gasteiger partial charge on any atom is -0.393 e. The highest BCUT2D eigenvalue weighted by Crippen LogP contribution is 2.25. The summed E-state index contributed by atoms with van der Waals surface area (Å²) in [7, 11) is 0. The Bertz CT molecular complexity index is 617. The van der Waals surface area contributed by atoms with Crippen molar-refractivity contribution < 1.29 is 4.92 Å². The van der Waals surface area contributed by atoms with E-state index in [0.29, 0.717) is 17.3 Å². The monoisotopic (exact) mass is 277 g/mol. The van der Waals surface area contributed by atoms with Gasteiger partial charge in [0.2, 0.25) is 0 Å². The van der Waals surface area contributed by atoms with E-state index in [4.69, 9.17) is 17.3 Å². The fourth-order valence-electron chi connectivity index (χ4n) is 1.67. The molecule has 0 spiro atoms. The summed E-state index contributed by atoms with van der Waals surface area (Å²) in [6.45, 7) is 0.525. The van der Waals surface area contributed by atoms with Gasteiger partial charge in [0.15, 0.2) is 0 Å². The quantitative estimate of drug-likeness (QED) is 0.509. The number of nitrogens with two attached hydrogens (primary N) is 1. The number of anilines is 2. The van der Waals surface area contributed by atoms with E-state index in [-0.39, 0.29) is 11.4 Å². The van der Waals surface area contributed by atoms with Gasteiger partial charge < -0.3 is 11.1 Å². The second kappa shape index (κ2) is 5.58. The molecule has 19 heavy (non-hydrogen) atoms. The van der Waals surface area contributed by atoms with E-state index >= 15 is 0 Å². The molecule has 0 fully saturated rings. The lowest BCUT2D eigenvalue weighted by atomic mass is 10.2. The number of rotatable bonds is 4. The molecular weight excluding hydrogens is 266 g/mol. The average Bonchev–Trinajstić information content (AvgIpc) is 2.37. The summed E-state index contributed by atoms with van der Waals surface area (Å²) >= 11 is 6.03. The van der Waals surface area contributed by atoms with Crippen molar-refractivity contribution in [1.82, 2.24) is 0 Å². The van der Waals surface area contributed by atoms with Crippen LogP contribution in [0.15, 0.2) is 42.5 Å². The normalized spacial score (nSPS) is 10.2. The largest absolute Gasteiger partial charge is 0.393 e. The van der Waals surface area contributed by atoms with Crippen molar-refractivity contribution in [2.75, 3.05) is 11.1 Å². The Morgan fingerprint density at radius 3 is 2.63 bits per heavy atom. The maximum atomic E-state index is 10.6. The van der Waals surface area contributed by atoms with Gasteiger partial charge in [-0.05, 0) is 23.8 Å². The van der Waals surface area contributed by atoms with Gasteiger partial charge in [-0.25, -0.2) is 0 Å². The van der Waals surface area contributed by atoms with Crippen LogP contribution in [0.25, 0.3) is 0 Å². The Hall–Kier alpha value is -2.27. The second-order valence-corrected chi connectivity index (χ2v) is 4.38. The van der Waals surface area contributed by atoms with E-state index < -0.39 is 4.92 Å². The van der Waals surface area contributed by atoms with Crippen molar-refractivity contribution in [2.45, 2.75) is 6.54 Å². The van der Waals surface area contributed by atoms with Gasteiger partial charge in [-0.1, -0.05) is 29.8 Å². The molecule has 0 aliphatic carbocycles. The third-order valence-electron chi connectivity index (χ3n) is 2.67. The maximum Gasteiger partial charge on any atom is 0.292 e. The number of halogens is 1. The number of benzene rings is 2. The number of nitro groups is 1. The molecule has 0 amide bonds. The van der Waals surface area contributed by atoms with Crippen molar-refractivity contribution in [2.24, 2.45) is 0 Å². The standard InChI is InChI=1S/C13H12ClN3O2/c14-11-4-2-1-3-9(11)8-16-10-5-6-13(17(18)19)12(15)7-10/h1-7,16H,8,15H2. The predicted molar refractivity (Wildman–Crippen MR) is 76.3 cm³/mol. The number of nitrogens with zero attached hydrogens (tertiary/aromatic N) is 1. The van der Waals surface area contributed by atoms with Gasteiger partial charge in [0.25, 0.3) is 5.69 Å². The first-order chi connectivity index (χ1) is 9.08. The van der Waals surface area contributed by atoms with E-state index in [1.54, 1.807) is 6.07 Å². The lowest BCUT2D eigenvalue weighted by Crippen LogP contribution is -2.02. The molecule has 0 saturated carbocycles. The van der Waals surface area contributed by atoms with Crippen LogP contribution < -0.4 is 11.1 Å². The molecule has 3 N–H and O–H groups in total. The Kier molecular flexibility index (Phi) is 3.87. The third kappa shape index (κ3) is 3.14. The van der Waals surface area contributed by atoms with Crippen LogP contribution in [0.5, 0.6) is 0 Å². The molecule has 6 heteroatoms. The maximum absolute atomic E-state index is 10.6. The zero-order valence-electron chi connectivity index (χ0n) is 9.97. The molecule has 0 aromatic heterocycles. The zero-order valence-corrected chi connectivity index (χ0v) is 10.7. The molecule has 2 aromatic carbocycles. The summed E-state index contributed by atoms with van der Waals surface area (Å²) < 4.78 is 0. The number of nitrogens with one attached hydrogen (secondary N) is 1. The van der Waals surface area contributed by atoms with E-state index in [1.807, 2.05) is 24.3 Å². The second-order valence-electron chi connectivity index (χ2n) is 3.98. The molecule has 0 radical (unpaired) electrons. The Morgan fingerprint density at radius 2 is 2.00 bits per heavy atom. The third-order valence-corrected chi connectivity index (χ3v) is 3.03. The van der Waals surface area contributed by atoms with Gasteiger partial charge in [-0.2, -0.15) is 0 Å². The van der Waals surface area contributed by atoms with Crippen LogP contribution in [0.2, 0.25) is 5.02 Å². The predicted octanol–water partition coefficient (Wildman–Crippen LogP) is 3.44. The van der Waals surface area contributed by atoms with Crippen molar-refractivity contribution in [3.63, 3.8) is 0 Å². The van der Waals surface area contributed by atoms with Crippen LogP contribution in [0.3, 0.4) is 0 Å². The molecule has 0 aliphatic heterocycles. The van der Waals surface area contributed by atoms with Crippen LogP contribution in [0.1, 0.15) is 5.56 Å². The first-order valence-electron chi connectivity index (χ1n) is 5.59. The summed E-state index contributed by atoms with van der Waals surface area (Å²) in [5, 5.41) is 14.4. The smallest absolute Gasteiger partial charge is 0.292 e. The van der Waals surface area contributed by atoms with Crippen LogP contribution in [0.4, 0.5) is 17.1 Å². The highest BCUT2D eigenvalue weighted by Gasteiger charge is 2.10. The molecule has 5 nitrogen and oxygen atoms in total. The van der Waals surface area contributed by atoms with Crippen LogP contribution in [0, 0.1) is 10.1 Å². The Morgan fingerprint density at radius 1 is 1.26 bits per heavy atom. The van der Waals surface area contributed by atoms with Gasteiger partial charge in [-0.3, -0.25) is 10.1 Å². The Balaban J connectivity index is 2.11. The van der Waals surface area contributed by atoms with E-state index in [1.165, 1.54) is 12.1 Å². The fourth-order valence-corrected chi connectivity index (χ4v) is 1.87. The molecule has 0 bridgehead atoms. The summed E-state index contributed by atoms with van der Waals surface area (Å²) in [6.07, 6.45) is 0. The highest BCUT2D eigenvalue weighted by atomic mass is 35.5. The van der Waals surface area contributed by atoms with E-state index in [2.05, 4.69) is 5.32 Å². The number of nitrogen functional groups attached to an aromatic ring is 1. The van der Waals surface area contributed by atoms with Gasteiger partial charge in [0, 0.05) is 23.3 Å². The summed E-state index contributed by atoms with van der Waals surface area (Å²) in [6, 6.07) is 12.0. The minimum atomic E-state index is -0.507. The lowest BCUT2D eigenvalue weighted by molar-refractivity contribution is -0.383. The SMILES string of the molecule is Nc1cc(NCc2ccccc2Cl)ccc1[N+](=O)[O-]. The average molecular weight is 278 g/mol. The molecule has 0 atom stereocenters. The summed E-state index contributed by atoms with van der Waals surface area (Å²) in [5.74, 6) is 0. The highest BCUT2D eigenvalue weighted by molar-refractivity contribution is 6.31. The molecule has 0 aliphatic rings. The first kappa shape index (κ1) is 13.2. The first-order valence-corrected chi connectivity index (χ1v) is 5.97. The summed E-state index contributed by atoms with van der Waals surface area (Å²) in [5.41, 5.74) is 7.31. The van der Waals surface area contributed by atoms with Crippen molar-refractivity contribution >= 4 is 28.7 Å². The number of nitro benzene ring substituents is 1. The van der Waals surface area contributed by atoms with E-state index in [0.717, 1.165) is 5.56 Å². The zero-order chi connectivity index (χ0) is 13.8. The van der Waals surface area contributed by atoms with Gasteiger partial charge in [0.1, 0.15) is 5.69 Å². The lowest BCUT2D eigenvalue weighted by Gasteiger charge is -2.08. The Labute approximate surface area is 115 Å². The van der Waals surface area contributed by atoms with Gasteiger partial charge in [0.05, 0.1) is 4.92 Å². The van der Waals surface area contributed by atoms with Crippen LogP contribution >= 0.6 is 11.6 Å². The molecule has 98 valence electrons. The topological polar surface area (TPSA) is 81.2 Å². The van der Waals surface area contributed by atoms with Crippen molar-refractivity contribution in [3.8, 4) is 0 Å². The molecule has 0 heterocycles. The number of hydrogen-bond acceptors (Lipinski definition) is 4. The van der Waals surface area contributed by atoms with Gasteiger partial charge >= 0.3 is 0 Å². The molecule has 0 unspecified atom stereocenters.